The van der Waals surface area contributed by atoms with Crippen molar-refractivity contribution >= 4 is 0 Å². The van der Waals surface area contributed by atoms with E-state index in [-0.39, 0.29) is 0 Å². The Morgan fingerprint density at radius 1 is 1.53 bits per heavy atom. The lowest BCUT2D eigenvalue weighted by atomic mass is 10.0. The fraction of sp³-hybridized carbons (Fsp3) is 0.583. The maximum atomic E-state index is 5.37. The Morgan fingerprint density at radius 2 is 2.33 bits per heavy atom. The second-order valence-electron chi connectivity index (χ2n) is 3.56. The molecule has 0 aliphatic rings. The lowest BCUT2D eigenvalue weighted by molar-refractivity contribution is 0.137. The van der Waals surface area contributed by atoms with Crippen molar-refractivity contribution in [3.05, 3.63) is 29.6 Å². The largest absolute Gasteiger partial charge is 0.382 e. The van der Waals surface area contributed by atoms with E-state index in [1.807, 2.05) is 32.4 Å². The van der Waals surface area contributed by atoms with Crippen LogP contribution in [0.5, 0.6) is 0 Å². The summed E-state index contributed by atoms with van der Waals surface area (Å²) < 4.78 is 5.37. The average Bonchev–Trinajstić information content (AvgIpc) is 2.26. The maximum Gasteiger partial charge on any atom is 0.0484 e. The lowest BCUT2D eigenvalue weighted by Crippen LogP contribution is -2.19. The second-order valence-corrected chi connectivity index (χ2v) is 3.56. The van der Waals surface area contributed by atoms with Crippen LogP contribution in [0.1, 0.15) is 30.5 Å². The number of nitrogens with zero attached hydrogens (tertiary/aromatic N) is 1. The van der Waals surface area contributed by atoms with Crippen LogP contribution < -0.4 is 5.32 Å². The summed E-state index contributed by atoms with van der Waals surface area (Å²) in [4.78, 5) is 4.16. The zero-order valence-corrected chi connectivity index (χ0v) is 9.79. The van der Waals surface area contributed by atoms with Crippen LogP contribution in [0.15, 0.2) is 18.5 Å². The van der Waals surface area contributed by atoms with Gasteiger partial charge >= 0.3 is 0 Å². The fourth-order valence-corrected chi connectivity index (χ4v) is 1.64. The topological polar surface area (TPSA) is 34.1 Å². The van der Waals surface area contributed by atoms with Gasteiger partial charge in [0, 0.05) is 31.6 Å². The van der Waals surface area contributed by atoms with E-state index in [0.29, 0.717) is 6.04 Å². The number of hydrogen-bond acceptors (Lipinski definition) is 3. The van der Waals surface area contributed by atoms with Gasteiger partial charge in [0.15, 0.2) is 0 Å². The Morgan fingerprint density at radius 3 is 2.93 bits per heavy atom. The van der Waals surface area contributed by atoms with Gasteiger partial charge in [-0.15, -0.1) is 0 Å². The van der Waals surface area contributed by atoms with E-state index in [9.17, 15) is 0 Å². The molecule has 15 heavy (non-hydrogen) atoms. The molecule has 1 unspecified atom stereocenters. The van der Waals surface area contributed by atoms with Crippen LogP contribution in [-0.2, 0) is 4.74 Å². The van der Waals surface area contributed by atoms with E-state index >= 15 is 0 Å². The van der Waals surface area contributed by atoms with Crippen LogP contribution in [0.25, 0.3) is 0 Å². The number of pyridine rings is 1. The molecule has 0 aromatic carbocycles. The molecule has 1 aromatic heterocycles. The Labute approximate surface area is 91.9 Å². The quantitative estimate of drug-likeness (QED) is 0.727. The summed E-state index contributed by atoms with van der Waals surface area (Å²) in [5.41, 5.74) is 2.54. The minimum atomic E-state index is 0.338. The molecule has 0 amide bonds. The van der Waals surface area contributed by atoms with Gasteiger partial charge in [-0.1, -0.05) is 0 Å². The summed E-state index contributed by atoms with van der Waals surface area (Å²) in [7, 11) is 1.98. The molecule has 0 fully saturated rings. The first-order valence-electron chi connectivity index (χ1n) is 5.45. The minimum Gasteiger partial charge on any atom is -0.382 e. The third-order valence-corrected chi connectivity index (χ3v) is 2.56. The summed E-state index contributed by atoms with van der Waals surface area (Å²) in [6.07, 6.45) is 4.74. The highest BCUT2D eigenvalue weighted by Crippen LogP contribution is 2.18. The summed E-state index contributed by atoms with van der Waals surface area (Å²) in [5, 5.41) is 3.30. The lowest BCUT2D eigenvalue weighted by Gasteiger charge is -2.18. The zero-order chi connectivity index (χ0) is 11.1. The van der Waals surface area contributed by atoms with Gasteiger partial charge in [0.2, 0.25) is 0 Å². The van der Waals surface area contributed by atoms with Gasteiger partial charge in [-0.05, 0) is 44.5 Å². The highest BCUT2D eigenvalue weighted by molar-refractivity contribution is 5.24. The molecule has 0 bridgehead atoms. The highest BCUT2D eigenvalue weighted by atomic mass is 16.5. The Bertz CT molecular complexity index is 289. The molecule has 0 radical (unpaired) electrons. The molecule has 3 nitrogen and oxygen atoms in total. The number of nitrogens with one attached hydrogen (secondary N) is 1. The van der Waals surface area contributed by atoms with Gasteiger partial charge in [-0.25, -0.2) is 0 Å². The van der Waals surface area contributed by atoms with Crippen molar-refractivity contribution in [3.63, 3.8) is 0 Å². The number of rotatable bonds is 6. The van der Waals surface area contributed by atoms with Crippen LogP contribution in [0.2, 0.25) is 0 Å². The van der Waals surface area contributed by atoms with Crippen molar-refractivity contribution in [2.75, 3.05) is 20.3 Å². The summed E-state index contributed by atoms with van der Waals surface area (Å²) >= 11 is 0. The first-order chi connectivity index (χ1) is 7.29. The number of ether oxygens (including phenoxy) is 1. The molecular formula is C12H20N2O. The molecule has 1 atom stereocenters. The maximum absolute atomic E-state index is 5.37. The van der Waals surface area contributed by atoms with Gasteiger partial charge in [0.1, 0.15) is 0 Å². The van der Waals surface area contributed by atoms with Crippen molar-refractivity contribution in [2.24, 2.45) is 0 Å². The first kappa shape index (κ1) is 12.1. The van der Waals surface area contributed by atoms with Crippen LogP contribution in [0, 0.1) is 6.92 Å². The van der Waals surface area contributed by atoms with Crippen molar-refractivity contribution in [1.82, 2.24) is 10.3 Å². The van der Waals surface area contributed by atoms with E-state index in [1.165, 1.54) is 11.1 Å². The van der Waals surface area contributed by atoms with E-state index < -0.39 is 0 Å². The van der Waals surface area contributed by atoms with Gasteiger partial charge in [-0.2, -0.15) is 0 Å². The molecule has 0 aliphatic carbocycles. The Hall–Kier alpha value is -0.930. The highest BCUT2D eigenvalue weighted by Gasteiger charge is 2.11. The SMILES string of the molecule is CCOCCC(NC)c1cnccc1C. The third-order valence-electron chi connectivity index (χ3n) is 2.56. The molecule has 1 rings (SSSR count). The molecule has 1 heterocycles. The normalized spacial score (nSPS) is 12.7. The van der Waals surface area contributed by atoms with Crippen molar-refractivity contribution in [1.29, 1.82) is 0 Å². The standard InChI is InChI=1S/C12H20N2O/c1-4-15-8-6-12(13-3)11-9-14-7-5-10(11)2/h5,7,9,12-13H,4,6,8H2,1-3H3. The van der Waals surface area contributed by atoms with E-state index in [2.05, 4.69) is 17.2 Å². The predicted molar refractivity (Wildman–Crippen MR) is 61.9 cm³/mol. The van der Waals surface area contributed by atoms with Crippen molar-refractivity contribution < 1.29 is 4.74 Å². The molecule has 1 N–H and O–H groups in total. The smallest absolute Gasteiger partial charge is 0.0484 e. The molecule has 0 saturated carbocycles. The van der Waals surface area contributed by atoms with E-state index in [4.69, 9.17) is 4.74 Å². The van der Waals surface area contributed by atoms with Gasteiger partial charge < -0.3 is 10.1 Å². The minimum absolute atomic E-state index is 0.338. The summed E-state index contributed by atoms with van der Waals surface area (Å²) in [6.45, 7) is 5.70. The number of aryl methyl sites for hydroxylation is 1. The molecule has 1 aromatic rings. The number of hydrogen-bond donors (Lipinski definition) is 1. The molecular weight excluding hydrogens is 188 g/mol. The fourth-order valence-electron chi connectivity index (χ4n) is 1.64. The zero-order valence-electron chi connectivity index (χ0n) is 9.79. The molecule has 0 spiro atoms. The second kappa shape index (κ2) is 6.53. The van der Waals surface area contributed by atoms with Crippen LogP contribution >= 0.6 is 0 Å². The van der Waals surface area contributed by atoms with Crippen molar-refractivity contribution in [3.8, 4) is 0 Å². The number of aromatic nitrogens is 1. The van der Waals surface area contributed by atoms with Gasteiger partial charge in [-0.3, -0.25) is 4.98 Å². The van der Waals surface area contributed by atoms with Crippen LogP contribution in [-0.4, -0.2) is 25.2 Å². The first-order valence-corrected chi connectivity index (χ1v) is 5.45. The van der Waals surface area contributed by atoms with E-state index in [0.717, 1.165) is 19.6 Å². The predicted octanol–water partition coefficient (Wildman–Crippen LogP) is 2.08. The van der Waals surface area contributed by atoms with Gasteiger partial charge in [0.05, 0.1) is 0 Å². The van der Waals surface area contributed by atoms with Crippen LogP contribution in [0.3, 0.4) is 0 Å². The Kier molecular flexibility index (Phi) is 5.29. The van der Waals surface area contributed by atoms with Crippen molar-refractivity contribution in [2.45, 2.75) is 26.3 Å². The molecule has 0 aliphatic heterocycles. The third kappa shape index (κ3) is 3.61. The average molecular weight is 208 g/mol. The summed E-state index contributed by atoms with van der Waals surface area (Å²) in [6, 6.07) is 2.38. The monoisotopic (exact) mass is 208 g/mol. The molecule has 3 heteroatoms. The Balaban J connectivity index is 2.61. The molecule has 84 valence electrons. The summed E-state index contributed by atoms with van der Waals surface area (Å²) in [5.74, 6) is 0. The van der Waals surface area contributed by atoms with E-state index in [1.54, 1.807) is 0 Å². The molecule has 0 saturated heterocycles. The van der Waals surface area contributed by atoms with Gasteiger partial charge in [0.25, 0.3) is 0 Å². The van der Waals surface area contributed by atoms with Crippen LogP contribution in [0.4, 0.5) is 0 Å².